The number of benzene rings is 2. The molecule has 3 N–H and O–H groups in total. The van der Waals surface area contributed by atoms with Crippen LogP contribution in [0, 0.1) is 0 Å². The number of urea groups is 1. The van der Waals surface area contributed by atoms with Crippen LogP contribution in [0.4, 0.5) is 22.0 Å². The van der Waals surface area contributed by atoms with E-state index in [0.717, 1.165) is 4.47 Å². The maximum Gasteiger partial charge on any atom is 0.324 e. The summed E-state index contributed by atoms with van der Waals surface area (Å²) in [6.07, 6.45) is 0. The van der Waals surface area contributed by atoms with Crippen LogP contribution in [0.2, 0.25) is 0 Å². The highest BCUT2D eigenvalue weighted by atomic mass is 79.9. The first-order valence-electron chi connectivity index (χ1n) is 8.93. The van der Waals surface area contributed by atoms with Gasteiger partial charge in [-0.05, 0) is 42.5 Å². The summed E-state index contributed by atoms with van der Waals surface area (Å²) in [6, 6.07) is 15.2. The smallest absolute Gasteiger partial charge is 0.324 e. The summed E-state index contributed by atoms with van der Waals surface area (Å²) in [6.45, 7) is 5.98. The number of aromatic nitrogens is 1. The van der Waals surface area contributed by atoms with Gasteiger partial charge in [0.15, 0.2) is 5.82 Å². The van der Waals surface area contributed by atoms with Gasteiger partial charge in [0.05, 0.1) is 0 Å². The number of carbonyl (C=O) groups excluding carboxylic acids is 2. The summed E-state index contributed by atoms with van der Waals surface area (Å²) >= 11 is 3.35. The summed E-state index contributed by atoms with van der Waals surface area (Å²) in [5.74, 6) is 0.800. The number of amides is 3. The fraction of sp³-hybridized carbons (Fsp3) is 0.190. The summed E-state index contributed by atoms with van der Waals surface area (Å²) in [7, 11) is 0. The van der Waals surface area contributed by atoms with Crippen LogP contribution in [0.5, 0.6) is 0 Å². The third kappa shape index (κ3) is 5.68. The van der Waals surface area contributed by atoms with Gasteiger partial charge in [0, 0.05) is 32.9 Å². The Morgan fingerprint density at radius 3 is 2.17 bits per heavy atom. The van der Waals surface area contributed by atoms with E-state index in [1.54, 1.807) is 48.5 Å². The molecule has 0 saturated carbocycles. The van der Waals surface area contributed by atoms with Crippen molar-refractivity contribution in [2.75, 3.05) is 16.0 Å². The number of halogens is 1. The maximum absolute atomic E-state index is 12.3. The van der Waals surface area contributed by atoms with Crippen LogP contribution in [0.25, 0.3) is 0 Å². The van der Waals surface area contributed by atoms with Crippen LogP contribution in [0.1, 0.15) is 36.9 Å². The van der Waals surface area contributed by atoms with E-state index < -0.39 is 6.03 Å². The Morgan fingerprint density at radius 1 is 0.931 bits per heavy atom. The standard InChI is InChI=1S/C21H21BrN4O3/c1-21(2,3)17-12-18(26-29-17)25-20(28)24-16-9-7-15(8-10-16)23-19(27)13-5-4-6-14(22)11-13/h4-12H,1-3H3,(H,23,27)(H2,24,25,26,28). The second kappa shape index (κ2) is 8.48. The molecule has 0 aliphatic carbocycles. The molecule has 0 unspecified atom stereocenters. The summed E-state index contributed by atoms with van der Waals surface area (Å²) < 4.78 is 6.07. The maximum atomic E-state index is 12.3. The van der Waals surface area contributed by atoms with Crippen molar-refractivity contribution in [3.63, 3.8) is 0 Å². The minimum atomic E-state index is -0.440. The number of anilines is 3. The van der Waals surface area contributed by atoms with Crippen molar-refractivity contribution in [2.24, 2.45) is 0 Å². The number of nitrogens with one attached hydrogen (secondary N) is 3. The van der Waals surface area contributed by atoms with Crippen molar-refractivity contribution in [3.05, 3.63) is 70.4 Å². The predicted octanol–water partition coefficient (Wildman–Crippen LogP) is 5.63. The molecule has 1 heterocycles. The van der Waals surface area contributed by atoms with Crippen LogP contribution >= 0.6 is 15.9 Å². The Kier molecular flexibility index (Phi) is 6.03. The lowest BCUT2D eigenvalue weighted by Gasteiger charge is -2.12. The third-order valence-corrected chi connectivity index (χ3v) is 4.47. The molecule has 0 saturated heterocycles. The second-order valence-electron chi connectivity index (χ2n) is 7.45. The number of hydrogen-bond acceptors (Lipinski definition) is 4. The molecule has 0 radical (unpaired) electrons. The number of hydrogen-bond donors (Lipinski definition) is 3. The minimum absolute atomic E-state index is 0.195. The highest BCUT2D eigenvalue weighted by Gasteiger charge is 2.20. The van der Waals surface area contributed by atoms with E-state index in [-0.39, 0.29) is 11.3 Å². The molecular weight excluding hydrogens is 436 g/mol. The Morgan fingerprint density at radius 2 is 1.59 bits per heavy atom. The van der Waals surface area contributed by atoms with Gasteiger partial charge in [-0.2, -0.15) is 0 Å². The first kappa shape index (κ1) is 20.6. The molecule has 8 heteroatoms. The molecule has 0 atom stereocenters. The molecule has 3 aromatic rings. The number of carbonyl (C=O) groups is 2. The summed E-state index contributed by atoms with van der Waals surface area (Å²) in [4.78, 5) is 24.4. The number of rotatable bonds is 4. The van der Waals surface area contributed by atoms with Crippen LogP contribution in [0.3, 0.4) is 0 Å². The Hall–Kier alpha value is -3.13. The second-order valence-corrected chi connectivity index (χ2v) is 8.36. The molecule has 2 aromatic carbocycles. The molecular formula is C21H21BrN4O3. The first-order valence-corrected chi connectivity index (χ1v) is 9.72. The predicted molar refractivity (Wildman–Crippen MR) is 116 cm³/mol. The molecule has 0 aliphatic rings. The van der Waals surface area contributed by atoms with Crippen molar-refractivity contribution in [2.45, 2.75) is 26.2 Å². The largest absolute Gasteiger partial charge is 0.359 e. The number of nitrogens with zero attached hydrogens (tertiary/aromatic N) is 1. The van der Waals surface area contributed by atoms with Gasteiger partial charge in [0.1, 0.15) is 5.76 Å². The van der Waals surface area contributed by atoms with E-state index in [4.69, 9.17) is 4.52 Å². The van der Waals surface area contributed by atoms with Crippen molar-refractivity contribution in [1.82, 2.24) is 5.16 Å². The zero-order valence-corrected chi connectivity index (χ0v) is 17.8. The summed E-state index contributed by atoms with van der Waals surface area (Å²) in [5, 5.41) is 12.0. The van der Waals surface area contributed by atoms with Crippen molar-refractivity contribution < 1.29 is 14.1 Å². The molecule has 3 amide bonds. The fourth-order valence-electron chi connectivity index (χ4n) is 2.44. The Bertz CT molecular complexity index is 1020. The molecule has 29 heavy (non-hydrogen) atoms. The van der Waals surface area contributed by atoms with Gasteiger partial charge < -0.3 is 15.2 Å². The van der Waals surface area contributed by atoms with Crippen molar-refractivity contribution >= 4 is 45.1 Å². The van der Waals surface area contributed by atoms with E-state index in [1.165, 1.54) is 0 Å². The molecule has 7 nitrogen and oxygen atoms in total. The van der Waals surface area contributed by atoms with E-state index >= 15 is 0 Å². The Balaban J connectivity index is 1.56. The van der Waals surface area contributed by atoms with Gasteiger partial charge in [-0.25, -0.2) is 4.79 Å². The molecule has 0 spiro atoms. The SMILES string of the molecule is CC(C)(C)c1cc(NC(=O)Nc2ccc(NC(=O)c3cccc(Br)c3)cc2)no1. The van der Waals surface area contributed by atoms with Crippen LogP contribution in [-0.2, 0) is 5.41 Å². The fourth-order valence-corrected chi connectivity index (χ4v) is 2.84. The van der Waals surface area contributed by atoms with Gasteiger partial charge in [0.2, 0.25) is 0 Å². The molecule has 0 aliphatic heterocycles. The van der Waals surface area contributed by atoms with E-state index in [1.807, 2.05) is 26.8 Å². The zero-order chi connectivity index (χ0) is 21.0. The Labute approximate surface area is 177 Å². The van der Waals surface area contributed by atoms with E-state index in [0.29, 0.717) is 28.5 Å². The lowest BCUT2D eigenvalue weighted by atomic mass is 9.93. The topological polar surface area (TPSA) is 96.3 Å². The van der Waals surface area contributed by atoms with Gasteiger partial charge >= 0.3 is 6.03 Å². The average Bonchev–Trinajstić information content (AvgIpc) is 3.12. The highest BCUT2D eigenvalue weighted by molar-refractivity contribution is 9.10. The molecule has 150 valence electrons. The quantitative estimate of drug-likeness (QED) is 0.473. The molecule has 0 fully saturated rings. The van der Waals surface area contributed by atoms with Gasteiger partial charge in [0.25, 0.3) is 5.91 Å². The van der Waals surface area contributed by atoms with Crippen LogP contribution in [-0.4, -0.2) is 17.1 Å². The van der Waals surface area contributed by atoms with E-state index in [2.05, 4.69) is 37.0 Å². The van der Waals surface area contributed by atoms with Crippen LogP contribution in [0.15, 0.2) is 63.6 Å². The monoisotopic (exact) mass is 456 g/mol. The van der Waals surface area contributed by atoms with Crippen LogP contribution < -0.4 is 16.0 Å². The van der Waals surface area contributed by atoms with Crippen molar-refractivity contribution in [1.29, 1.82) is 0 Å². The zero-order valence-electron chi connectivity index (χ0n) is 16.2. The summed E-state index contributed by atoms with van der Waals surface area (Å²) in [5.41, 5.74) is 1.54. The van der Waals surface area contributed by atoms with Gasteiger partial charge in [-0.3, -0.25) is 10.1 Å². The van der Waals surface area contributed by atoms with Gasteiger partial charge in [-0.15, -0.1) is 0 Å². The molecule has 0 bridgehead atoms. The molecule has 1 aromatic heterocycles. The van der Waals surface area contributed by atoms with E-state index in [9.17, 15) is 9.59 Å². The highest BCUT2D eigenvalue weighted by Crippen LogP contribution is 2.24. The minimum Gasteiger partial charge on any atom is -0.359 e. The lowest BCUT2D eigenvalue weighted by Crippen LogP contribution is -2.19. The van der Waals surface area contributed by atoms with Gasteiger partial charge in [-0.1, -0.05) is 47.9 Å². The lowest BCUT2D eigenvalue weighted by molar-refractivity contribution is 0.102. The third-order valence-electron chi connectivity index (χ3n) is 3.98. The molecule has 3 rings (SSSR count). The normalized spacial score (nSPS) is 11.0. The first-order chi connectivity index (χ1) is 13.7. The average molecular weight is 457 g/mol. The van der Waals surface area contributed by atoms with Crippen molar-refractivity contribution in [3.8, 4) is 0 Å².